The van der Waals surface area contributed by atoms with Gasteiger partial charge < -0.3 is 10.1 Å². The Kier molecular flexibility index (Phi) is 7.72. The number of aromatic nitrogens is 2. The van der Waals surface area contributed by atoms with E-state index in [0.29, 0.717) is 22.8 Å². The minimum atomic E-state index is -0.307. The van der Waals surface area contributed by atoms with Crippen LogP contribution in [0, 0.1) is 5.92 Å². The highest BCUT2D eigenvalue weighted by Gasteiger charge is 2.16. The third-order valence-electron chi connectivity index (χ3n) is 4.97. The number of benzene rings is 2. The number of hydrogen-bond acceptors (Lipinski definition) is 6. The lowest BCUT2D eigenvalue weighted by Crippen LogP contribution is -2.22. The Morgan fingerprint density at radius 1 is 1.03 bits per heavy atom. The number of anilines is 2. The van der Waals surface area contributed by atoms with E-state index in [1.165, 1.54) is 11.3 Å². The van der Waals surface area contributed by atoms with Gasteiger partial charge in [0.25, 0.3) is 5.91 Å². The standard InChI is InChI=1S/C23H26N4O3S/c1-4-15(5-2)21(28)24-18-11-8-10-17(13-18)22(29)25-23-27-26-20(31-23)14-16-9-6-7-12-19(16)30-3/h6-13,15H,4-5,14H2,1-3H3,(H,24,28)(H,25,27,29). The van der Waals surface area contributed by atoms with Crippen LogP contribution in [0.15, 0.2) is 48.5 Å². The van der Waals surface area contributed by atoms with Crippen LogP contribution in [0.5, 0.6) is 5.75 Å². The molecule has 0 radical (unpaired) electrons. The van der Waals surface area contributed by atoms with E-state index < -0.39 is 0 Å². The van der Waals surface area contributed by atoms with Gasteiger partial charge in [-0.15, -0.1) is 10.2 Å². The van der Waals surface area contributed by atoms with Crippen molar-refractivity contribution >= 4 is 34.0 Å². The molecule has 0 aliphatic rings. The predicted molar refractivity (Wildman–Crippen MR) is 123 cm³/mol. The van der Waals surface area contributed by atoms with Gasteiger partial charge in [-0.25, -0.2) is 0 Å². The fourth-order valence-corrected chi connectivity index (χ4v) is 3.96. The molecule has 1 heterocycles. The Balaban J connectivity index is 1.65. The Bertz CT molecular complexity index is 1050. The average molecular weight is 439 g/mol. The van der Waals surface area contributed by atoms with E-state index in [-0.39, 0.29) is 17.7 Å². The van der Waals surface area contributed by atoms with Crippen molar-refractivity contribution in [1.29, 1.82) is 0 Å². The summed E-state index contributed by atoms with van der Waals surface area (Å²) < 4.78 is 5.37. The van der Waals surface area contributed by atoms with Crippen molar-refractivity contribution in [1.82, 2.24) is 10.2 Å². The molecular formula is C23H26N4O3S. The summed E-state index contributed by atoms with van der Waals surface area (Å²) in [5, 5.41) is 15.1. The number of para-hydroxylation sites is 1. The van der Waals surface area contributed by atoms with Crippen LogP contribution in [0.3, 0.4) is 0 Å². The summed E-state index contributed by atoms with van der Waals surface area (Å²) in [5.41, 5.74) is 2.03. The van der Waals surface area contributed by atoms with Crippen molar-refractivity contribution in [3.05, 3.63) is 64.7 Å². The molecule has 0 aliphatic carbocycles. The van der Waals surface area contributed by atoms with Crippen LogP contribution in [0.1, 0.15) is 47.6 Å². The molecule has 2 N–H and O–H groups in total. The predicted octanol–water partition coefficient (Wildman–Crippen LogP) is 4.76. The quantitative estimate of drug-likeness (QED) is 0.502. The zero-order chi connectivity index (χ0) is 22.2. The van der Waals surface area contributed by atoms with Gasteiger partial charge in [-0.3, -0.25) is 14.9 Å². The lowest BCUT2D eigenvalue weighted by atomic mass is 10.0. The van der Waals surface area contributed by atoms with Crippen molar-refractivity contribution in [3.8, 4) is 5.75 Å². The van der Waals surface area contributed by atoms with E-state index in [4.69, 9.17) is 4.74 Å². The zero-order valence-corrected chi connectivity index (χ0v) is 18.7. The van der Waals surface area contributed by atoms with Crippen LogP contribution in [-0.4, -0.2) is 29.1 Å². The molecular weight excluding hydrogens is 412 g/mol. The van der Waals surface area contributed by atoms with Gasteiger partial charge in [0.1, 0.15) is 10.8 Å². The molecule has 3 rings (SSSR count). The molecule has 8 heteroatoms. The molecule has 7 nitrogen and oxygen atoms in total. The van der Waals surface area contributed by atoms with Gasteiger partial charge in [0.15, 0.2) is 0 Å². The normalized spacial score (nSPS) is 10.7. The van der Waals surface area contributed by atoms with Crippen molar-refractivity contribution in [3.63, 3.8) is 0 Å². The lowest BCUT2D eigenvalue weighted by Gasteiger charge is -2.13. The summed E-state index contributed by atoms with van der Waals surface area (Å²) in [5.74, 6) is 0.405. The lowest BCUT2D eigenvalue weighted by molar-refractivity contribution is -0.120. The van der Waals surface area contributed by atoms with E-state index in [9.17, 15) is 9.59 Å². The number of methoxy groups -OCH3 is 1. The second-order valence-electron chi connectivity index (χ2n) is 7.03. The first-order chi connectivity index (χ1) is 15.0. The van der Waals surface area contributed by atoms with Gasteiger partial charge in [0.05, 0.1) is 7.11 Å². The first kappa shape index (κ1) is 22.4. The summed E-state index contributed by atoms with van der Waals surface area (Å²) in [4.78, 5) is 25.0. The molecule has 0 atom stereocenters. The van der Waals surface area contributed by atoms with Gasteiger partial charge in [-0.05, 0) is 37.1 Å². The molecule has 0 saturated heterocycles. The summed E-state index contributed by atoms with van der Waals surface area (Å²) >= 11 is 1.32. The molecule has 2 amide bonds. The van der Waals surface area contributed by atoms with Crippen molar-refractivity contribution in [2.24, 2.45) is 5.92 Å². The molecule has 0 fully saturated rings. The van der Waals surface area contributed by atoms with E-state index >= 15 is 0 Å². The molecule has 3 aromatic rings. The van der Waals surface area contributed by atoms with E-state index in [0.717, 1.165) is 29.2 Å². The van der Waals surface area contributed by atoms with Gasteiger partial charge in [-0.2, -0.15) is 0 Å². The van der Waals surface area contributed by atoms with Gasteiger partial charge >= 0.3 is 0 Å². The molecule has 1 aromatic heterocycles. The number of rotatable bonds is 9. The fraction of sp³-hybridized carbons (Fsp3) is 0.304. The fourth-order valence-electron chi connectivity index (χ4n) is 3.20. The Morgan fingerprint density at radius 3 is 2.55 bits per heavy atom. The molecule has 0 spiro atoms. The highest BCUT2D eigenvalue weighted by molar-refractivity contribution is 7.15. The average Bonchev–Trinajstić information content (AvgIpc) is 3.21. The van der Waals surface area contributed by atoms with E-state index in [1.54, 1.807) is 31.4 Å². The number of carbonyl (C=O) groups excluding carboxylic acids is 2. The Hall–Kier alpha value is -3.26. The highest BCUT2D eigenvalue weighted by atomic mass is 32.1. The van der Waals surface area contributed by atoms with Crippen molar-refractivity contribution in [2.75, 3.05) is 17.7 Å². The first-order valence-corrected chi connectivity index (χ1v) is 11.0. The minimum Gasteiger partial charge on any atom is -0.496 e. The first-order valence-electron chi connectivity index (χ1n) is 10.2. The molecule has 0 saturated carbocycles. The maximum Gasteiger partial charge on any atom is 0.257 e. The molecule has 31 heavy (non-hydrogen) atoms. The summed E-state index contributed by atoms with van der Waals surface area (Å²) in [7, 11) is 1.63. The number of hydrogen-bond donors (Lipinski definition) is 2. The number of nitrogens with zero attached hydrogens (tertiary/aromatic N) is 2. The Morgan fingerprint density at radius 2 is 1.81 bits per heavy atom. The second-order valence-corrected chi connectivity index (χ2v) is 8.09. The van der Waals surface area contributed by atoms with Gasteiger partial charge in [0, 0.05) is 29.2 Å². The largest absolute Gasteiger partial charge is 0.496 e. The molecule has 162 valence electrons. The molecule has 0 unspecified atom stereocenters. The Labute approximate surface area is 185 Å². The number of carbonyl (C=O) groups is 2. The molecule has 2 aromatic carbocycles. The summed E-state index contributed by atoms with van der Waals surface area (Å²) in [6, 6.07) is 14.6. The topological polar surface area (TPSA) is 93.2 Å². The third kappa shape index (κ3) is 5.88. The summed E-state index contributed by atoms with van der Waals surface area (Å²) in [6.07, 6.45) is 2.11. The van der Waals surface area contributed by atoms with Crippen LogP contribution < -0.4 is 15.4 Å². The van der Waals surface area contributed by atoms with Gasteiger partial charge in [-0.1, -0.05) is 49.4 Å². The van der Waals surface area contributed by atoms with Crippen LogP contribution in [0.4, 0.5) is 10.8 Å². The SMILES string of the molecule is CCC(CC)C(=O)Nc1cccc(C(=O)Nc2nnc(Cc3ccccc3OC)s2)c1. The molecule has 0 bridgehead atoms. The van der Waals surface area contributed by atoms with E-state index in [1.807, 2.05) is 38.1 Å². The highest BCUT2D eigenvalue weighted by Crippen LogP contribution is 2.24. The zero-order valence-electron chi connectivity index (χ0n) is 17.8. The van der Waals surface area contributed by atoms with Crippen molar-refractivity contribution < 1.29 is 14.3 Å². The monoisotopic (exact) mass is 438 g/mol. The van der Waals surface area contributed by atoms with Crippen LogP contribution in [0.25, 0.3) is 0 Å². The van der Waals surface area contributed by atoms with E-state index in [2.05, 4.69) is 20.8 Å². The maximum atomic E-state index is 12.7. The maximum absolute atomic E-state index is 12.7. The minimum absolute atomic E-state index is 0.0346. The molecule has 0 aliphatic heterocycles. The van der Waals surface area contributed by atoms with Crippen LogP contribution >= 0.6 is 11.3 Å². The van der Waals surface area contributed by atoms with Crippen molar-refractivity contribution in [2.45, 2.75) is 33.1 Å². The number of amides is 2. The third-order valence-corrected chi connectivity index (χ3v) is 5.81. The van der Waals surface area contributed by atoms with Crippen LogP contribution in [0.2, 0.25) is 0 Å². The van der Waals surface area contributed by atoms with Gasteiger partial charge in [0.2, 0.25) is 11.0 Å². The number of nitrogens with one attached hydrogen (secondary N) is 2. The number of ether oxygens (including phenoxy) is 1. The smallest absolute Gasteiger partial charge is 0.257 e. The van der Waals surface area contributed by atoms with Crippen LogP contribution in [-0.2, 0) is 11.2 Å². The summed E-state index contributed by atoms with van der Waals surface area (Å²) in [6.45, 7) is 3.98. The second kappa shape index (κ2) is 10.7.